The van der Waals surface area contributed by atoms with Crippen LogP contribution in [-0.4, -0.2) is 14.5 Å². The molecule has 180 valence electrons. The molecule has 3 N–H and O–H groups in total. The van der Waals surface area contributed by atoms with E-state index in [9.17, 15) is 14.0 Å². The zero-order valence-corrected chi connectivity index (χ0v) is 19.4. The molecule has 7 nitrogen and oxygen atoms in total. The number of nitrogens with two attached hydrogens (primary N) is 1. The predicted octanol–water partition coefficient (Wildman–Crippen LogP) is 4.06. The second-order valence-corrected chi connectivity index (χ2v) is 8.55. The number of hydrogen-bond acceptors (Lipinski definition) is 5. The summed E-state index contributed by atoms with van der Waals surface area (Å²) in [6.45, 7) is 0.651. The highest BCUT2D eigenvalue weighted by molar-refractivity contribution is 5.82. The average Bonchev–Trinajstić information content (AvgIpc) is 2.87. The molecule has 3 aromatic carbocycles. The van der Waals surface area contributed by atoms with Gasteiger partial charge in [-0.25, -0.2) is 9.18 Å². The lowest BCUT2D eigenvalue weighted by Gasteiger charge is -2.27. The molecule has 36 heavy (non-hydrogen) atoms. The molecule has 5 aromatic rings. The summed E-state index contributed by atoms with van der Waals surface area (Å²) in [7, 11) is 0. The second-order valence-electron chi connectivity index (χ2n) is 8.55. The van der Waals surface area contributed by atoms with Gasteiger partial charge in [-0.15, -0.1) is 0 Å². The van der Waals surface area contributed by atoms with Crippen molar-refractivity contribution in [1.29, 1.82) is 0 Å². The average molecular weight is 482 g/mol. The van der Waals surface area contributed by atoms with Gasteiger partial charge in [0.1, 0.15) is 17.3 Å². The van der Waals surface area contributed by atoms with Crippen LogP contribution in [0.25, 0.3) is 10.9 Å². The van der Waals surface area contributed by atoms with E-state index in [-0.39, 0.29) is 24.6 Å². The molecule has 0 bridgehead atoms. The number of nitrogens with zero attached hydrogens (tertiary/aromatic N) is 3. The molecule has 2 heterocycles. The van der Waals surface area contributed by atoms with Gasteiger partial charge < -0.3 is 10.6 Å². The first-order valence-electron chi connectivity index (χ1n) is 11.5. The molecule has 0 unspecified atom stereocenters. The van der Waals surface area contributed by atoms with Crippen molar-refractivity contribution in [2.75, 3.05) is 10.6 Å². The Morgan fingerprint density at radius 2 is 1.58 bits per heavy atom. The molecule has 8 heteroatoms. The van der Waals surface area contributed by atoms with E-state index in [4.69, 9.17) is 5.73 Å². The Hall–Kier alpha value is -4.72. The number of aromatic nitrogens is 3. The number of nitrogen functional groups attached to an aromatic ring is 1. The van der Waals surface area contributed by atoms with Gasteiger partial charge in [0.2, 0.25) is 0 Å². The van der Waals surface area contributed by atoms with E-state index in [0.717, 1.165) is 11.1 Å². The third kappa shape index (κ3) is 4.74. The van der Waals surface area contributed by atoms with Crippen LogP contribution in [0.3, 0.4) is 0 Å². The molecule has 0 saturated carbocycles. The minimum atomic E-state index is -0.605. The van der Waals surface area contributed by atoms with Gasteiger partial charge in [-0.1, -0.05) is 66.7 Å². The second kappa shape index (κ2) is 9.87. The van der Waals surface area contributed by atoms with Crippen molar-refractivity contribution >= 4 is 22.4 Å². The molecule has 0 aliphatic heterocycles. The van der Waals surface area contributed by atoms with Crippen LogP contribution in [0.2, 0.25) is 0 Å². The van der Waals surface area contributed by atoms with Crippen molar-refractivity contribution < 1.29 is 4.39 Å². The Morgan fingerprint density at radius 3 is 2.31 bits per heavy atom. The molecule has 5 rings (SSSR count). The highest BCUT2D eigenvalue weighted by Crippen LogP contribution is 2.26. The number of pyridine rings is 1. The summed E-state index contributed by atoms with van der Waals surface area (Å²) in [4.78, 5) is 34.5. The maximum Gasteiger partial charge on any atom is 0.330 e. The minimum absolute atomic E-state index is 0.0391. The number of fused-ring (bicyclic) bond motifs is 1. The van der Waals surface area contributed by atoms with E-state index in [1.165, 1.54) is 16.7 Å². The molecule has 0 atom stereocenters. The molecule has 0 saturated heterocycles. The highest BCUT2D eigenvalue weighted by atomic mass is 19.1. The Labute approximate surface area is 206 Å². The third-order valence-corrected chi connectivity index (χ3v) is 6.04. The van der Waals surface area contributed by atoms with E-state index >= 15 is 0 Å². The van der Waals surface area contributed by atoms with Crippen LogP contribution in [0.5, 0.6) is 0 Å². The van der Waals surface area contributed by atoms with Crippen molar-refractivity contribution in [3.63, 3.8) is 0 Å². The zero-order valence-electron chi connectivity index (χ0n) is 19.4. The van der Waals surface area contributed by atoms with Gasteiger partial charge in [-0.2, -0.15) is 0 Å². The summed E-state index contributed by atoms with van der Waals surface area (Å²) in [5.74, 6) is -0.363. The van der Waals surface area contributed by atoms with Crippen LogP contribution in [0.15, 0.2) is 101 Å². The fourth-order valence-electron chi connectivity index (χ4n) is 4.38. The summed E-state index contributed by atoms with van der Waals surface area (Å²) < 4.78 is 15.8. The Morgan fingerprint density at radius 1 is 0.889 bits per heavy atom. The lowest BCUT2D eigenvalue weighted by molar-refractivity contribution is 0.626. The number of anilines is 2. The van der Waals surface area contributed by atoms with Gasteiger partial charge in [0.25, 0.3) is 5.56 Å². The summed E-state index contributed by atoms with van der Waals surface area (Å²) in [6, 6.07) is 25.3. The highest BCUT2D eigenvalue weighted by Gasteiger charge is 2.21. The van der Waals surface area contributed by atoms with Crippen molar-refractivity contribution in [3.8, 4) is 0 Å². The summed E-state index contributed by atoms with van der Waals surface area (Å²) in [5, 5.41) is 0.656. The van der Waals surface area contributed by atoms with Gasteiger partial charge in [0.15, 0.2) is 0 Å². The zero-order chi connectivity index (χ0) is 25.1. The van der Waals surface area contributed by atoms with E-state index in [0.29, 0.717) is 23.0 Å². The standard InChI is InChI=1S/C28H24FN5O2/c29-23-14-21-12-7-13-31-24(21)22(15-23)18-33(16-19-8-3-1-4-9-19)25-26(30)34(28(36)32-27(25)35)17-20-10-5-2-6-11-20/h1-15H,16-18,30H2,(H,32,35,36). The lowest BCUT2D eigenvalue weighted by atomic mass is 10.1. The maximum atomic E-state index is 14.5. The van der Waals surface area contributed by atoms with Gasteiger partial charge >= 0.3 is 5.69 Å². The maximum absolute atomic E-state index is 14.5. The number of hydrogen-bond donors (Lipinski definition) is 2. The first-order chi connectivity index (χ1) is 17.5. The fourth-order valence-corrected chi connectivity index (χ4v) is 4.38. The van der Waals surface area contributed by atoms with Crippen molar-refractivity contribution in [2.24, 2.45) is 0 Å². The van der Waals surface area contributed by atoms with Crippen molar-refractivity contribution in [2.45, 2.75) is 19.6 Å². The number of halogens is 1. The molecule has 2 aromatic heterocycles. The molecule has 0 spiro atoms. The van der Waals surface area contributed by atoms with E-state index in [2.05, 4.69) is 9.97 Å². The van der Waals surface area contributed by atoms with Gasteiger partial charge in [0, 0.05) is 30.2 Å². The monoisotopic (exact) mass is 481 g/mol. The van der Waals surface area contributed by atoms with Gasteiger partial charge in [-0.05, 0) is 29.3 Å². The summed E-state index contributed by atoms with van der Waals surface area (Å²) in [5.41, 5.74) is 8.45. The van der Waals surface area contributed by atoms with Gasteiger partial charge in [-0.3, -0.25) is 19.3 Å². The van der Waals surface area contributed by atoms with Crippen LogP contribution in [0.4, 0.5) is 15.9 Å². The van der Waals surface area contributed by atoms with Crippen molar-refractivity contribution in [1.82, 2.24) is 14.5 Å². The Kier molecular flexibility index (Phi) is 6.32. The third-order valence-electron chi connectivity index (χ3n) is 6.04. The lowest BCUT2D eigenvalue weighted by Crippen LogP contribution is -2.38. The smallest absolute Gasteiger partial charge is 0.330 e. The van der Waals surface area contributed by atoms with E-state index in [1.807, 2.05) is 60.7 Å². The van der Waals surface area contributed by atoms with Crippen LogP contribution in [0.1, 0.15) is 16.7 Å². The fraction of sp³-hybridized carbons (Fsp3) is 0.107. The molecular formula is C28H24FN5O2. The number of H-pyrrole nitrogens is 1. The van der Waals surface area contributed by atoms with Crippen molar-refractivity contribution in [3.05, 3.63) is 134 Å². The largest absolute Gasteiger partial charge is 0.383 e. The molecule has 0 amide bonds. The van der Waals surface area contributed by atoms with Crippen LogP contribution >= 0.6 is 0 Å². The van der Waals surface area contributed by atoms with E-state index < -0.39 is 17.1 Å². The summed E-state index contributed by atoms with van der Waals surface area (Å²) in [6.07, 6.45) is 1.65. The van der Waals surface area contributed by atoms with Crippen LogP contribution < -0.4 is 21.9 Å². The quantitative estimate of drug-likeness (QED) is 0.365. The SMILES string of the molecule is Nc1c(N(Cc2ccccc2)Cc2cc(F)cc3cccnc23)c(=O)[nH]c(=O)n1Cc1ccccc1. The molecular weight excluding hydrogens is 457 g/mol. The molecule has 0 aliphatic rings. The van der Waals surface area contributed by atoms with Gasteiger partial charge in [0.05, 0.1) is 12.1 Å². The number of nitrogens with one attached hydrogen (secondary N) is 1. The normalized spacial score (nSPS) is 11.0. The first-order valence-corrected chi connectivity index (χ1v) is 11.5. The number of rotatable bonds is 7. The Balaban J connectivity index is 1.64. The van der Waals surface area contributed by atoms with Crippen LogP contribution in [0, 0.1) is 5.82 Å². The molecule has 0 aliphatic carbocycles. The van der Waals surface area contributed by atoms with Crippen LogP contribution in [-0.2, 0) is 19.6 Å². The summed E-state index contributed by atoms with van der Waals surface area (Å²) >= 11 is 0. The predicted molar refractivity (Wildman–Crippen MR) is 139 cm³/mol. The minimum Gasteiger partial charge on any atom is -0.383 e. The first kappa shape index (κ1) is 23.0. The Bertz CT molecular complexity index is 1630. The topological polar surface area (TPSA) is 97.0 Å². The molecule has 0 radical (unpaired) electrons. The number of benzene rings is 3. The molecule has 0 fully saturated rings. The number of aromatic amines is 1. The van der Waals surface area contributed by atoms with E-state index in [1.54, 1.807) is 23.2 Å².